The van der Waals surface area contributed by atoms with Crippen molar-refractivity contribution in [3.63, 3.8) is 0 Å². The van der Waals surface area contributed by atoms with Gasteiger partial charge in [0.25, 0.3) is 0 Å². The van der Waals surface area contributed by atoms with Crippen molar-refractivity contribution in [3.05, 3.63) is 40.7 Å². The van der Waals surface area contributed by atoms with Gasteiger partial charge in [0.05, 0.1) is 11.2 Å². The van der Waals surface area contributed by atoms with Gasteiger partial charge in [0, 0.05) is 12.4 Å². The smallest absolute Gasteiger partial charge is 0.305 e. The van der Waals surface area contributed by atoms with E-state index in [-0.39, 0.29) is 5.69 Å². The molecule has 3 aromatic rings. The quantitative estimate of drug-likeness (QED) is 0.745. The van der Waals surface area contributed by atoms with E-state index in [9.17, 15) is 4.79 Å². The Morgan fingerprint density at radius 1 is 1.44 bits per heavy atom. The fraction of sp³-hybridized carbons (Fsp3) is 0.308. The molecular formula is C13H14N4O. The van der Waals surface area contributed by atoms with E-state index in [0.717, 1.165) is 23.1 Å². The number of aromatic nitrogens is 4. The molecule has 3 aromatic heterocycles. The molecule has 0 spiro atoms. The van der Waals surface area contributed by atoms with E-state index >= 15 is 0 Å². The number of nitrogens with zero attached hydrogens (tertiary/aromatic N) is 3. The summed E-state index contributed by atoms with van der Waals surface area (Å²) < 4.78 is 1.53. The third-order valence-electron chi connectivity index (χ3n) is 2.85. The summed E-state index contributed by atoms with van der Waals surface area (Å²) in [5.41, 5.74) is 2.83. The van der Waals surface area contributed by atoms with E-state index in [2.05, 4.69) is 28.8 Å². The van der Waals surface area contributed by atoms with Gasteiger partial charge in [-0.25, -0.2) is 14.2 Å². The Morgan fingerprint density at radius 2 is 2.28 bits per heavy atom. The number of rotatable bonds is 2. The van der Waals surface area contributed by atoms with Crippen LogP contribution in [0.1, 0.15) is 19.5 Å². The Labute approximate surface area is 104 Å². The van der Waals surface area contributed by atoms with Gasteiger partial charge in [-0.15, -0.1) is 0 Å². The Hall–Kier alpha value is -2.17. The highest BCUT2D eigenvalue weighted by Gasteiger charge is 2.10. The normalized spacial score (nSPS) is 11.7. The zero-order chi connectivity index (χ0) is 12.7. The molecule has 92 valence electrons. The van der Waals surface area contributed by atoms with Gasteiger partial charge >= 0.3 is 5.69 Å². The second-order valence-electron chi connectivity index (χ2n) is 4.85. The SMILES string of the molecule is CC(C)Cc1cn2c(=O)[nH]c3cccnc3c2n1. The molecule has 0 fully saturated rings. The second-order valence-corrected chi connectivity index (χ2v) is 4.85. The lowest BCUT2D eigenvalue weighted by molar-refractivity contribution is 0.638. The zero-order valence-corrected chi connectivity index (χ0v) is 10.3. The molecule has 0 aliphatic heterocycles. The molecular weight excluding hydrogens is 228 g/mol. The minimum Gasteiger partial charge on any atom is -0.305 e. The maximum Gasteiger partial charge on any atom is 0.331 e. The Bertz CT molecular complexity index is 769. The average molecular weight is 242 g/mol. The van der Waals surface area contributed by atoms with Crippen molar-refractivity contribution in [2.24, 2.45) is 5.92 Å². The molecule has 3 heterocycles. The summed E-state index contributed by atoms with van der Waals surface area (Å²) in [5, 5.41) is 0. The third kappa shape index (κ3) is 1.68. The number of hydrogen-bond acceptors (Lipinski definition) is 3. The molecule has 18 heavy (non-hydrogen) atoms. The van der Waals surface area contributed by atoms with Crippen LogP contribution < -0.4 is 5.69 Å². The number of nitrogens with one attached hydrogen (secondary N) is 1. The summed E-state index contributed by atoms with van der Waals surface area (Å²) in [4.78, 5) is 23.5. The molecule has 0 saturated carbocycles. The van der Waals surface area contributed by atoms with E-state index in [1.165, 1.54) is 4.40 Å². The molecule has 0 aliphatic rings. The third-order valence-corrected chi connectivity index (χ3v) is 2.85. The molecule has 0 atom stereocenters. The van der Waals surface area contributed by atoms with Crippen molar-refractivity contribution in [2.75, 3.05) is 0 Å². The van der Waals surface area contributed by atoms with Crippen LogP contribution >= 0.6 is 0 Å². The lowest BCUT2D eigenvalue weighted by Crippen LogP contribution is -2.15. The fourth-order valence-electron chi connectivity index (χ4n) is 2.13. The summed E-state index contributed by atoms with van der Waals surface area (Å²) in [6.07, 6.45) is 4.36. The molecule has 5 heteroatoms. The standard InChI is InChI=1S/C13H14N4O/c1-8(2)6-9-7-17-12(15-9)11-10(16-13(17)18)4-3-5-14-11/h3-5,7-8H,6H2,1-2H3,(H,16,18). The number of pyridine rings is 1. The summed E-state index contributed by atoms with van der Waals surface area (Å²) >= 11 is 0. The van der Waals surface area contributed by atoms with E-state index in [4.69, 9.17) is 0 Å². The van der Waals surface area contributed by atoms with E-state index in [0.29, 0.717) is 11.6 Å². The number of hydrogen-bond donors (Lipinski definition) is 1. The molecule has 5 nitrogen and oxygen atoms in total. The van der Waals surface area contributed by atoms with Crippen LogP contribution in [0.4, 0.5) is 0 Å². The molecule has 1 N–H and O–H groups in total. The van der Waals surface area contributed by atoms with Crippen LogP contribution in [0.3, 0.4) is 0 Å². The van der Waals surface area contributed by atoms with Crippen LogP contribution in [0.25, 0.3) is 16.7 Å². The van der Waals surface area contributed by atoms with Crippen molar-refractivity contribution in [2.45, 2.75) is 20.3 Å². The number of imidazole rings is 1. The summed E-state index contributed by atoms with van der Waals surface area (Å²) in [6.45, 7) is 4.26. The molecule has 0 saturated heterocycles. The van der Waals surface area contributed by atoms with Gasteiger partial charge < -0.3 is 4.98 Å². The highest BCUT2D eigenvalue weighted by atomic mass is 16.1. The highest BCUT2D eigenvalue weighted by Crippen LogP contribution is 2.14. The van der Waals surface area contributed by atoms with Gasteiger partial charge in [-0.05, 0) is 24.5 Å². The van der Waals surface area contributed by atoms with Gasteiger partial charge in [-0.2, -0.15) is 0 Å². The molecule has 0 aromatic carbocycles. The topological polar surface area (TPSA) is 63.0 Å². The first-order chi connectivity index (χ1) is 8.65. The second kappa shape index (κ2) is 3.94. The van der Waals surface area contributed by atoms with Crippen LogP contribution in [-0.2, 0) is 6.42 Å². The van der Waals surface area contributed by atoms with Gasteiger partial charge in [0.1, 0.15) is 5.52 Å². The predicted octanol–water partition coefficient (Wildman–Crippen LogP) is 1.77. The zero-order valence-electron chi connectivity index (χ0n) is 10.3. The molecule has 0 bridgehead atoms. The minimum absolute atomic E-state index is 0.173. The van der Waals surface area contributed by atoms with Crippen LogP contribution in [0, 0.1) is 5.92 Å². The minimum atomic E-state index is -0.173. The molecule has 0 radical (unpaired) electrons. The molecule has 0 unspecified atom stereocenters. The van der Waals surface area contributed by atoms with Gasteiger partial charge in [0.2, 0.25) is 0 Å². The van der Waals surface area contributed by atoms with Crippen molar-refractivity contribution < 1.29 is 0 Å². The average Bonchev–Trinajstić information content (AvgIpc) is 2.73. The summed E-state index contributed by atoms with van der Waals surface area (Å²) in [7, 11) is 0. The number of aromatic amines is 1. The van der Waals surface area contributed by atoms with Gasteiger partial charge in [-0.1, -0.05) is 13.8 Å². The maximum atomic E-state index is 11.9. The lowest BCUT2D eigenvalue weighted by Gasteiger charge is -1.98. The summed E-state index contributed by atoms with van der Waals surface area (Å²) in [6, 6.07) is 3.63. The monoisotopic (exact) mass is 242 g/mol. The Kier molecular flexibility index (Phi) is 2.40. The van der Waals surface area contributed by atoms with Crippen LogP contribution in [0.5, 0.6) is 0 Å². The maximum absolute atomic E-state index is 11.9. The van der Waals surface area contributed by atoms with E-state index < -0.39 is 0 Å². The molecule has 3 rings (SSSR count). The first-order valence-corrected chi connectivity index (χ1v) is 6.00. The largest absolute Gasteiger partial charge is 0.331 e. The van der Waals surface area contributed by atoms with Crippen LogP contribution in [-0.4, -0.2) is 19.4 Å². The van der Waals surface area contributed by atoms with Crippen LogP contribution in [0.15, 0.2) is 29.3 Å². The van der Waals surface area contributed by atoms with Gasteiger partial charge in [0.15, 0.2) is 5.65 Å². The number of fused-ring (bicyclic) bond motifs is 3. The highest BCUT2D eigenvalue weighted by molar-refractivity contribution is 5.86. The van der Waals surface area contributed by atoms with Crippen molar-refractivity contribution >= 4 is 16.7 Å². The first-order valence-electron chi connectivity index (χ1n) is 6.00. The van der Waals surface area contributed by atoms with Crippen molar-refractivity contribution in [1.82, 2.24) is 19.4 Å². The van der Waals surface area contributed by atoms with E-state index in [1.807, 2.05) is 6.07 Å². The Morgan fingerprint density at radius 3 is 3.06 bits per heavy atom. The molecule has 0 amide bonds. The fourth-order valence-corrected chi connectivity index (χ4v) is 2.13. The van der Waals surface area contributed by atoms with Gasteiger partial charge in [-0.3, -0.25) is 4.98 Å². The first kappa shape index (κ1) is 11.0. The summed E-state index contributed by atoms with van der Waals surface area (Å²) in [5.74, 6) is 0.508. The van der Waals surface area contributed by atoms with Crippen LogP contribution in [0.2, 0.25) is 0 Å². The van der Waals surface area contributed by atoms with Crippen molar-refractivity contribution in [1.29, 1.82) is 0 Å². The van der Waals surface area contributed by atoms with E-state index in [1.54, 1.807) is 18.5 Å². The molecule has 0 aliphatic carbocycles. The lowest BCUT2D eigenvalue weighted by atomic mass is 10.1. The number of H-pyrrole nitrogens is 1. The van der Waals surface area contributed by atoms with Crippen molar-refractivity contribution in [3.8, 4) is 0 Å². The predicted molar refractivity (Wildman–Crippen MR) is 69.7 cm³/mol. The Balaban J connectivity index is 2.34.